The van der Waals surface area contributed by atoms with Gasteiger partial charge in [0.2, 0.25) is 0 Å². The van der Waals surface area contributed by atoms with Gasteiger partial charge < -0.3 is 15.7 Å². The number of rotatable bonds is 4. The lowest BCUT2D eigenvalue weighted by atomic mass is 9.86. The zero-order valence-corrected chi connectivity index (χ0v) is 12.0. The van der Waals surface area contributed by atoms with E-state index >= 15 is 0 Å². The highest BCUT2D eigenvalue weighted by atomic mass is 16.3. The molecule has 1 fully saturated rings. The Hall–Kier alpha value is -1.06. The third kappa shape index (κ3) is 3.71. The molecule has 1 saturated carbocycles. The van der Waals surface area contributed by atoms with Crippen molar-refractivity contribution in [1.29, 1.82) is 0 Å². The lowest BCUT2D eigenvalue weighted by molar-refractivity contribution is 0.0835. The molecule has 0 bridgehead atoms. The van der Waals surface area contributed by atoms with Gasteiger partial charge in [0.05, 0.1) is 6.10 Å². The summed E-state index contributed by atoms with van der Waals surface area (Å²) in [6.45, 7) is 2.98. The summed E-state index contributed by atoms with van der Waals surface area (Å²) in [6, 6.07) is 8.19. The molecule has 1 aromatic rings. The van der Waals surface area contributed by atoms with Crippen molar-refractivity contribution in [2.75, 3.05) is 19.3 Å². The van der Waals surface area contributed by atoms with E-state index in [-0.39, 0.29) is 0 Å². The molecule has 3 unspecified atom stereocenters. The van der Waals surface area contributed by atoms with E-state index in [1.54, 1.807) is 0 Å². The van der Waals surface area contributed by atoms with Crippen LogP contribution in [-0.4, -0.2) is 29.6 Å². The highest BCUT2D eigenvalue weighted by molar-refractivity contribution is 5.47. The summed E-state index contributed by atoms with van der Waals surface area (Å²) in [7, 11) is 2.12. The lowest BCUT2D eigenvalue weighted by Gasteiger charge is -2.35. The molecular weight excluding hydrogens is 236 g/mol. The minimum Gasteiger partial charge on any atom is -0.398 e. The normalized spacial score (nSPS) is 25.5. The summed E-state index contributed by atoms with van der Waals surface area (Å²) in [4.78, 5) is 2.30. The SMILES string of the molecule is CC1CCCC(N(C)CC(O)c2ccccc2N)C1. The van der Waals surface area contributed by atoms with Crippen LogP contribution >= 0.6 is 0 Å². The molecule has 3 nitrogen and oxygen atoms in total. The fourth-order valence-corrected chi connectivity index (χ4v) is 3.14. The Morgan fingerprint density at radius 1 is 1.37 bits per heavy atom. The number of aliphatic hydroxyl groups excluding tert-OH is 1. The first-order valence-electron chi connectivity index (χ1n) is 7.30. The molecule has 0 saturated heterocycles. The van der Waals surface area contributed by atoms with Gasteiger partial charge in [-0.3, -0.25) is 0 Å². The third-order valence-electron chi connectivity index (χ3n) is 4.35. The van der Waals surface area contributed by atoms with Crippen LogP contribution < -0.4 is 5.73 Å². The predicted octanol–water partition coefficient (Wildman–Crippen LogP) is 2.81. The molecule has 0 radical (unpaired) electrons. The summed E-state index contributed by atoms with van der Waals surface area (Å²) in [5.41, 5.74) is 7.45. The second-order valence-electron chi connectivity index (χ2n) is 6.01. The van der Waals surface area contributed by atoms with E-state index in [1.165, 1.54) is 25.7 Å². The van der Waals surface area contributed by atoms with Crippen LogP contribution in [0.1, 0.15) is 44.3 Å². The Morgan fingerprint density at radius 2 is 2.11 bits per heavy atom. The van der Waals surface area contributed by atoms with Crippen LogP contribution in [0.5, 0.6) is 0 Å². The Labute approximate surface area is 116 Å². The van der Waals surface area contributed by atoms with E-state index in [2.05, 4.69) is 18.9 Å². The number of para-hydroxylation sites is 1. The van der Waals surface area contributed by atoms with E-state index in [0.29, 0.717) is 18.3 Å². The smallest absolute Gasteiger partial charge is 0.0936 e. The van der Waals surface area contributed by atoms with Crippen LogP contribution in [-0.2, 0) is 0 Å². The van der Waals surface area contributed by atoms with E-state index in [4.69, 9.17) is 5.73 Å². The van der Waals surface area contributed by atoms with Gasteiger partial charge in [-0.05, 0) is 31.9 Å². The average Bonchev–Trinajstić information content (AvgIpc) is 2.39. The fourth-order valence-electron chi connectivity index (χ4n) is 3.14. The monoisotopic (exact) mass is 262 g/mol. The second-order valence-corrected chi connectivity index (χ2v) is 6.01. The van der Waals surface area contributed by atoms with Gasteiger partial charge in [0, 0.05) is 23.8 Å². The van der Waals surface area contributed by atoms with Crippen LogP contribution in [0.25, 0.3) is 0 Å². The van der Waals surface area contributed by atoms with E-state index in [1.807, 2.05) is 24.3 Å². The molecule has 106 valence electrons. The molecule has 0 amide bonds. The van der Waals surface area contributed by atoms with Gasteiger partial charge in [-0.25, -0.2) is 0 Å². The molecule has 3 heteroatoms. The Kier molecular flexibility index (Phi) is 4.83. The van der Waals surface area contributed by atoms with E-state index in [9.17, 15) is 5.11 Å². The van der Waals surface area contributed by atoms with Crippen molar-refractivity contribution in [3.05, 3.63) is 29.8 Å². The van der Waals surface area contributed by atoms with Crippen LogP contribution in [0, 0.1) is 5.92 Å². The first-order chi connectivity index (χ1) is 9.08. The number of hydrogen-bond acceptors (Lipinski definition) is 3. The minimum atomic E-state index is -0.497. The van der Waals surface area contributed by atoms with E-state index in [0.717, 1.165) is 11.5 Å². The first kappa shape index (κ1) is 14.4. The minimum absolute atomic E-state index is 0.497. The van der Waals surface area contributed by atoms with Crippen molar-refractivity contribution in [3.8, 4) is 0 Å². The number of anilines is 1. The Balaban J connectivity index is 1.95. The zero-order chi connectivity index (χ0) is 13.8. The molecular formula is C16H26N2O. The highest BCUT2D eigenvalue weighted by Gasteiger charge is 2.24. The molecule has 19 heavy (non-hydrogen) atoms. The maximum absolute atomic E-state index is 10.3. The number of nitrogens with two attached hydrogens (primary N) is 1. The standard InChI is InChI=1S/C16H26N2O/c1-12-6-5-7-13(10-12)18(2)11-16(19)14-8-3-4-9-15(14)17/h3-4,8-9,12-13,16,19H,5-7,10-11,17H2,1-2H3. The fraction of sp³-hybridized carbons (Fsp3) is 0.625. The van der Waals surface area contributed by atoms with Crippen molar-refractivity contribution >= 4 is 5.69 Å². The van der Waals surface area contributed by atoms with Crippen molar-refractivity contribution in [3.63, 3.8) is 0 Å². The van der Waals surface area contributed by atoms with Crippen molar-refractivity contribution < 1.29 is 5.11 Å². The van der Waals surface area contributed by atoms with Crippen molar-refractivity contribution in [2.24, 2.45) is 5.92 Å². The quantitative estimate of drug-likeness (QED) is 0.820. The van der Waals surface area contributed by atoms with Gasteiger partial charge in [0.25, 0.3) is 0 Å². The molecule has 1 aliphatic carbocycles. The number of nitrogens with zero attached hydrogens (tertiary/aromatic N) is 1. The molecule has 0 aliphatic heterocycles. The molecule has 0 heterocycles. The van der Waals surface area contributed by atoms with Crippen LogP contribution in [0.4, 0.5) is 5.69 Å². The van der Waals surface area contributed by atoms with Crippen LogP contribution in [0.2, 0.25) is 0 Å². The lowest BCUT2D eigenvalue weighted by Crippen LogP contribution is -2.38. The van der Waals surface area contributed by atoms with Crippen molar-refractivity contribution in [2.45, 2.75) is 44.8 Å². The van der Waals surface area contributed by atoms with Gasteiger partial charge in [0.15, 0.2) is 0 Å². The van der Waals surface area contributed by atoms with E-state index < -0.39 is 6.10 Å². The zero-order valence-electron chi connectivity index (χ0n) is 12.0. The molecule has 1 aromatic carbocycles. The Morgan fingerprint density at radius 3 is 2.79 bits per heavy atom. The number of likely N-dealkylation sites (N-methyl/N-ethyl adjacent to an activating group) is 1. The molecule has 3 N–H and O–H groups in total. The topological polar surface area (TPSA) is 49.5 Å². The number of hydrogen-bond donors (Lipinski definition) is 2. The van der Waals surface area contributed by atoms with Crippen LogP contribution in [0.3, 0.4) is 0 Å². The predicted molar refractivity (Wildman–Crippen MR) is 79.9 cm³/mol. The molecule has 3 atom stereocenters. The van der Waals surface area contributed by atoms with Gasteiger partial charge >= 0.3 is 0 Å². The second kappa shape index (κ2) is 6.40. The summed E-state index contributed by atoms with van der Waals surface area (Å²) < 4.78 is 0. The highest BCUT2D eigenvalue weighted by Crippen LogP contribution is 2.28. The van der Waals surface area contributed by atoms with Gasteiger partial charge in [0.1, 0.15) is 0 Å². The third-order valence-corrected chi connectivity index (χ3v) is 4.35. The maximum Gasteiger partial charge on any atom is 0.0936 e. The molecule has 0 spiro atoms. The summed E-state index contributed by atoms with van der Waals surface area (Å²) >= 11 is 0. The molecule has 0 aromatic heterocycles. The first-order valence-corrected chi connectivity index (χ1v) is 7.30. The van der Waals surface area contributed by atoms with Crippen LogP contribution in [0.15, 0.2) is 24.3 Å². The molecule has 1 aliphatic rings. The largest absolute Gasteiger partial charge is 0.398 e. The Bertz CT molecular complexity index is 407. The summed E-state index contributed by atoms with van der Waals surface area (Å²) in [6.07, 6.45) is 4.65. The summed E-state index contributed by atoms with van der Waals surface area (Å²) in [5.74, 6) is 0.806. The number of benzene rings is 1. The van der Waals surface area contributed by atoms with Gasteiger partial charge in [-0.15, -0.1) is 0 Å². The summed E-state index contributed by atoms with van der Waals surface area (Å²) in [5, 5.41) is 10.3. The van der Waals surface area contributed by atoms with Gasteiger partial charge in [-0.1, -0.05) is 38.0 Å². The average molecular weight is 262 g/mol. The number of nitrogen functional groups attached to an aromatic ring is 1. The number of aliphatic hydroxyl groups is 1. The molecule has 2 rings (SSSR count). The van der Waals surface area contributed by atoms with Gasteiger partial charge in [-0.2, -0.15) is 0 Å². The van der Waals surface area contributed by atoms with Crippen molar-refractivity contribution in [1.82, 2.24) is 4.90 Å². The maximum atomic E-state index is 10.3.